The van der Waals surface area contributed by atoms with E-state index in [1.54, 1.807) is 0 Å². The summed E-state index contributed by atoms with van der Waals surface area (Å²) in [6, 6.07) is 2.17. The standard InChI is InChI=1S/C12H29NO2Si/c1-5-10-13-11-9-12-16(8-4,14-6-2)15-7-3/h13H,5-12H2,1-4H3. The lowest BCUT2D eigenvalue weighted by Gasteiger charge is -2.29. The van der Waals surface area contributed by atoms with E-state index in [1.165, 1.54) is 12.8 Å². The average Bonchev–Trinajstić information content (AvgIpc) is 2.29. The first-order chi connectivity index (χ1) is 7.74. The molecule has 0 saturated heterocycles. The first-order valence-corrected chi connectivity index (χ1v) is 8.96. The van der Waals surface area contributed by atoms with E-state index in [2.05, 4.69) is 33.0 Å². The van der Waals surface area contributed by atoms with Gasteiger partial charge in [-0.25, -0.2) is 0 Å². The molecule has 3 nitrogen and oxygen atoms in total. The molecule has 0 aliphatic heterocycles. The third-order valence-corrected chi connectivity index (χ3v) is 6.51. The van der Waals surface area contributed by atoms with Crippen LogP contribution in [0.15, 0.2) is 0 Å². The number of nitrogens with one attached hydrogen (secondary N) is 1. The van der Waals surface area contributed by atoms with Gasteiger partial charge in [0.2, 0.25) is 0 Å². The summed E-state index contributed by atoms with van der Waals surface area (Å²) in [5.74, 6) is 0. The van der Waals surface area contributed by atoms with Gasteiger partial charge in [0.05, 0.1) is 0 Å². The second-order valence-electron chi connectivity index (χ2n) is 3.98. The van der Waals surface area contributed by atoms with E-state index in [0.29, 0.717) is 0 Å². The summed E-state index contributed by atoms with van der Waals surface area (Å²) in [7, 11) is -1.87. The molecule has 0 atom stereocenters. The topological polar surface area (TPSA) is 30.5 Å². The summed E-state index contributed by atoms with van der Waals surface area (Å²) in [6.45, 7) is 12.3. The van der Waals surface area contributed by atoms with Gasteiger partial charge in [0.15, 0.2) is 0 Å². The van der Waals surface area contributed by atoms with Crippen molar-refractivity contribution in [3.8, 4) is 0 Å². The van der Waals surface area contributed by atoms with Crippen molar-refractivity contribution in [2.75, 3.05) is 26.3 Å². The molecule has 0 aromatic heterocycles. The molecule has 0 fully saturated rings. The van der Waals surface area contributed by atoms with Crippen LogP contribution < -0.4 is 5.32 Å². The summed E-state index contributed by atoms with van der Waals surface area (Å²) in [4.78, 5) is 0. The van der Waals surface area contributed by atoms with Gasteiger partial charge in [0, 0.05) is 13.2 Å². The van der Waals surface area contributed by atoms with Crippen molar-refractivity contribution < 1.29 is 8.85 Å². The third-order valence-electron chi connectivity index (χ3n) is 2.69. The van der Waals surface area contributed by atoms with Crippen LogP contribution in [0.4, 0.5) is 0 Å². The Kier molecular flexibility index (Phi) is 10.3. The van der Waals surface area contributed by atoms with E-state index in [9.17, 15) is 0 Å². The van der Waals surface area contributed by atoms with Gasteiger partial charge in [-0.05, 0) is 51.9 Å². The van der Waals surface area contributed by atoms with Crippen LogP contribution in [0.5, 0.6) is 0 Å². The summed E-state index contributed by atoms with van der Waals surface area (Å²) >= 11 is 0. The fraction of sp³-hybridized carbons (Fsp3) is 1.00. The van der Waals surface area contributed by atoms with E-state index in [-0.39, 0.29) is 0 Å². The van der Waals surface area contributed by atoms with Crippen LogP contribution in [0.25, 0.3) is 0 Å². The second kappa shape index (κ2) is 10.3. The van der Waals surface area contributed by atoms with Gasteiger partial charge < -0.3 is 14.2 Å². The Morgan fingerprint density at radius 2 is 1.56 bits per heavy atom. The van der Waals surface area contributed by atoms with Crippen molar-refractivity contribution >= 4 is 8.56 Å². The Morgan fingerprint density at radius 1 is 0.938 bits per heavy atom. The Labute approximate surface area is 102 Å². The van der Waals surface area contributed by atoms with E-state index in [0.717, 1.165) is 38.4 Å². The minimum absolute atomic E-state index is 0.780. The molecule has 1 N–H and O–H groups in total. The van der Waals surface area contributed by atoms with Gasteiger partial charge in [-0.3, -0.25) is 0 Å². The van der Waals surface area contributed by atoms with Gasteiger partial charge in [0.1, 0.15) is 0 Å². The molecule has 0 aromatic carbocycles. The van der Waals surface area contributed by atoms with E-state index < -0.39 is 8.56 Å². The first kappa shape index (κ1) is 16.1. The van der Waals surface area contributed by atoms with Crippen LogP contribution in [0, 0.1) is 0 Å². The molecule has 0 saturated carbocycles. The molecule has 98 valence electrons. The highest BCUT2D eigenvalue weighted by Gasteiger charge is 2.33. The molecule has 0 unspecified atom stereocenters. The lowest BCUT2D eigenvalue weighted by Crippen LogP contribution is -2.42. The largest absolute Gasteiger partial charge is 0.394 e. The van der Waals surface area contributed by atoms with Crippen LogP contribution in [0.3, 0.4) is 0 Å². The van der Waals surface area contributed by atoms with Crippen LogP contribution in [0.1, 0.15) is 40.5 Å². The van der Waals surface area contributed by atoms with Crippen LogP contribution in [-0.4, -0.2) is 34.9 Å². The fourth-order valence-corrected chi connectivity index (χ4v) is 4.78. The summed E-state index contributed by atoms with van der Waals surface area (Å²) in [5.41, 5.74) is 0. The number of hydrogen-bond donors (Lipinski definition) is 1. The first-order valence-electron chi connectivity index (χ1n) is 6.73. The average molecular weight is 247 g/mol. The lowest BCUT2D eigenvalue weighted by molar-refractivity contribution is 0.182. The Hall–Kier alpha value is 0.0969. The Bertz CT molecular complexity index is 150. The molecule has 0 heterocycles. The van der Waals surface area contributed by atoms with Crippen molar-refractivity contribution in [2.45, 2.75) is 52.6 Å². The molecule has 0 aliphatic carbocycles. The highest BCUT2D eigenvalue weighted by Crippen LogP contribution is 2.20. The zero-order valence-electron chi connectivity index (χ0n) is 11.5. The molecule has 0 amide bonds. The third kappa shape index (κ3) is 6.63. The quantitative estimate of drug-likeness (QED) is 0.450. The van der Waals surface area contributed by atoms with Crippen LogP contribution in [0.2, 0.25) is 12.1 Å². The highest BCUT2D eigenvalue weighted by atomic mass is 28.4. The zero-order valence-corrected chi connectivity index (χ0v) is 12.5. The molecular formula is C12H29NO2Si. The molecule has 0 rings (SSSR count). The molecule has 0 spiro atoms. The monoisotopic (exact) mass is 247 g/mol. The molecule has 16 heavy (non-hydrogen) atoms. The number of hydrogen-bond acceptors (Lipinski definition) is 3. The maximum absolute atomic E-state index is 5.91. The van der Waals surface area contributed by atoms with Gasteiger partial charge in [-0.15, -0.1) is 0 Å². The smallest absolute Gasteiger partial charge is 0.337 e. The molecular weight excluding hydrogens is 218 g/mol. The van der Waals surface area contributed by atoms with Gasteiger partial charge in [0.25, 0.3) is 0 Å². The van der Waals surface area contributed by atoms with Gasteiger partial charge in [-0.2, -0.15) is 0 Å². The Balaban J connectivity index is 3.89. The minimum Gasteiger partial charge on any atom is -0.394 e. The predicted molar refractivity (Wildman–Crippen MR) is 72.1 cm³/mol. The fourth-order valence-electron chi connectivity index (χ4n) is 1.88. The molecule has 0 aromatic rings. The van der Waals surface area contributed by atoms with Crippen molar-refractivity contribution in [3.63, 3.8) is 0 Å². The molecule has 0 aliphatic rings. The van der Waals surface area contributed by atoms with Crippen molar-refractivity contribution in [1.29, 1.82) is 0 Å². The zero-order chi connectivity index (χ0) is 12.3. The minimum atomic E-state index is -1.87. The van der Waals surface area contributed by atoms with Crippen molar-refractivity contribution in [1.82, 2.24) is 5.32 Å². The van der Waals surface area contributed by atoms with E-state index >= 15 is 0 Å². The SMILES string of the molecule is CCCNCCC[Si](CC)(OCC)OCC. The van der Waals surface area contributed by atoms with E-state index in [1.807, 2.05) is 0 Å². The maximum Gasteiger partial charge on any atom is 0.337 e. The molecule has 0 bridgehead atoms. The molecule has 0 radical (unpaired) electrons. The van der Waals surface area contributed by atoms with Crippen LogP contribution >= 0.6 is 0 Å². The van der Waals surface area contributed by atoms with Crippen LogP contribution in [-0.2, 0) is 8.85 Å². The van der Waals surface area contributed by atoms with Gasteiger partial charge in [-0.1, -0.05) is 13.8 Å². The van der Waals surface area contributed by atoms with E-state index in [4.69, 9.17) is 8.85 Å². The lowest BCUT2D eigenvalue weighted by atomic mass is 10.4. The predicted octanol–water partition coefficient (Wildman–Crippen LogP) is 2.91. The second-order valence-corrected chi connectivity index (χ2v) is 7.59. The van der Waals surface area contributed by atoms with Crippen molar-refractivity contribution in [3.05, 3.63) is 0 Å². The Morgan fingerprint density at radius 3 is 2.00 bits per heavy atom. The highest BCUT2D eigenvalue weighted by molar-refractivity contribution is 6.67. The van der Waals surface area contributed by atoms with Crippen molar-refractivity contribution in [2.24, 2.45) is 0 Å². The summed E-state index contributed by atoms with van der Waals surface area (Å²) in [6.07, 6.45) is 2.37. The normalized spacial score (nSPS) is 12.0. The maximum atomic E-state index is 5.91. The number of rotatable bonds is 11. The summed E-state index contributed by atoms with van der Waals surface area (Å²) < 4.78 is 11.8. The van der Waals surface area contributed by atoms with Gasteiger partial charge >= 0.3 is 8.56 Å². The molecule has 4 heteroatoms. The summed E-state index contributed by atoms with van der Waals surface area (Å²) in [5, 5.41) is 3.43.